The molecule has 0 unspecified atom stereocenters. The summed E-state index contributed by atoms with van der Waals surface area (Å²) in [6.45, 7) is 9.47. The van der Waals surface area contributed by atoms with Gasteiger partial charge in [-0.05, 0) is 31.5 Å². The molecular formula is C18H27N3O3. The smallest absolute Gasteiger partial charge is 0.321 e. The van der Waals surface area contributed by atoms with Gasteiger partial charge in [0.25, 0.3) is 0 Å². The summed E-state index contributed by atoms with van der Waals surface area (Å²) >= 11 is 0. The van der Waals surface area contributed by atoms with Crippen molar-refractivity contribution in [1.82, 2.24) is 9.80 Å². The van der Waals surface area contributed by atoms with Crippen LogP contribution in [0.4, 0.5) is 10.5 Å². The number of nitrogens with zero attached hydrogens (tertiary/aromatic N) is 2. The first-order valence-electron chi connectivity index (χ1n) is 8.70. The second-order valence-corrected chi connectivity index (χ2v) is 6.70. The van der Waals surface area contributed by atoms with E-state index in [9.17, 15) is 4.79 Å². The van der Waals surface area contributed by atoms with E-state index in [2.05, 4.69) is 10.2 Å². The van der Waals surface area contributed by atoms with Crippen LogP contribution in [0.1, 0.15) is 19.4 Å². The standard InChI is InChI=1S/C18H27N3O3/c1-14(2)24-12-15-4-3-5-16(10-15)19-18(22)21-7-6-20-8-9-23-13-17(20)11-21/h3-5,10,14,17H,6-9,11-13H2,1-2H3,(H,19,22)/t17-/m0/s1. The number of nitrogens with one attached hydrogen (secondary N) is 1. The topological polar surface area (TPSA) is 54.0 Å². The molecule has 6 heteroatoms. The predicted octanol–water partition coefficient (Wildman–Crippen LogP) is 2.16. The number of carbonyl (C=O) groups is 1. The lowest BCUT2D eigenvalue weighted by atomic mass is 10.1. The van der Waals surface area contributed by atoms with E-state index >= 15 is 0 Å². The molecule has 1 aromatic carbocycles. The van der Waals surface area contributed by atoms with Crippen LogP contribution < -0.4 is 5.32 Å². The number of fused-ring (bicyclic) bond motifs is 1. The van der Waals surface area contributed by atoms with Gasteiger partial charge >= 0.3 is 6.03 Å². The van der Waals surface area contributed by atoms with E-state index in [4.69, 9.17) is 9.47 Å². The molecule has 2 aliphatic rings. The number of urea groups is 1. The summed E-state index contributed by atoms with van der Waals surface area (Å²) in [7, 11) is 0. The van der Waals surface area contributed by atoms with Crippen molar-refractivity contribution in [1.29, 1.82) is 0 Å². The van der Waals surface area contributed by atoms with Crippen LogP contribution in [0.15, 0.2) is 24.3 Å². The van der Waals surface area contributed by atoms with E-state index < -0.39 is 0 Å². The summed E-state index contributed by atoms with van der Waals surface area (Å²) in [6.07, 6.45) is 0.192. The molecule has 1 N–H and O–H groups in total. The van der Waals surface area contributed by atoms with Crippen molar-refractivity contribution >= 4 is 11.7 Å². The molecule has 132 valence electrons. The van der Waals surface area contributed by atoms with Crippen molar-refractivity contribution in [2.24, 2.45) is 0 Å². The Morgan fingerprint density at radius 3 is 3.08 bits per heavy atom. The fraction of sp³-hybridized carbons (Fsp3) is 0.611. The van der Waals surface area contributed by atoms with Gasteiger partial charge in [0.1, 0.15) is 0 Å². The fourth-order valence-corrected chi connectivity index (χ4v) is 3.14. The largest absolute Gasteiger partial charge is 0.378 e. The monoisotopic (exact) mass is 333 g/mol. The van der Waals surface area contributed by atoms with Gasteiger partial charge in [0.15, 0.2) is 0 Å². The highest BCUT2D eigenvalue weighted by Gasteiger charge is 2.31. The number of hydrogen-bond acceptors (Lipinski definition) is 4. The molecule has 1 atom stereocenters. The molecule has 2 aliphatic heterocycles. The summed E-state index contributed by atoms with van der Waals surface area (Å²) in [5, 5.41) is 3.01. The van der Waals surface area contributed by atoms with Gasteiger partial charge in [-0.1, -0.05) is 12.1 Å². The Balaban J connectivity index is 1.55. The Morgan fingerprint density at radius 2 is 2.25 bits per heavy atom. The minimum atomic E-state index is -0.0397. The van der Waals surface area contributed by atoms with E-state index in [1.165, 1.54) is 0 Å². The molecule has 0 aromatic heterocycles. The van der Waals surface area contributed by atoms with Gasteiger partial charge in [0, 0.05) is 31.9 Å². The molecule has 24 heavy (non-hydrogen) atoms. The molecule has 2 heterocycles. The van der Waals surface area contributed by atoms with Crippen molar-refractivity contribution in [3.63, 3.8) is 0 Å². The second kappa shape index (κ2) is 7.96. The zero-order valence-corrected chi connectivity index (χ0v) is 14.5. The lowest BCUT2D eigenvalue weighted by molar-refractivity contribution is -0.0355. The molecule has 0 saturated carbocycles. The fourth-order valence-electron chi connectivity index (χ4n) is 3.14. The quantitative estimate of drug-likeness (QED) is 0.917. The van der Waals surface area contributed by atoms with Crippen molar-refractivity contribution in [3.05, 3.63) is 29.8 Å². The van der Waals surface area contributed by atoms with Crippen LogP contribution in [0.3, 0.4) is 0 Å². The van der Waals surface area contributed by atoms with Crippen molar-refractivity contribution in [2.45, 2.75) is 32.6 Å². The van der Waals surface area contributed by atoms with Crippen LogP contribution in [0, 0.1) is 0 Å². The van der Waals surface area contributed by atoms with Crippen molar-refractivity contribution in [3.8, 4) is 0 Å². The molecule has 2 fully saturated rings. The third kappa shape index (κ3) is 4.47. The van der Waals surface area contributed by atoms with Gasteiger partial charge in [-0.15, -0.1) is 0 Å². The van der Waals surface area contributed by atoms with Gasteiger partial charge in [-0.2, -0.15) is 0 Å². The van der Waals surface area contributed by atoms with Crippen LogP contribution in [0.25, 0.3) is 0 Å². The molecule has 2 saturated heterocycles. The van der Waals surface area contributed by atoms with Crippen LogP contribution in [0.5, 0.6) is 0 Å². The average molecular weight is 333 g/mol. The number of rotatable bonds is 4. The molecule has 6 nitrogen and oxygen atoms in total. The maximum Gasteiger partial charge on any atom is 0.321 e. The Bertz CT molecular complexity index is 564. The Labute approximate surface area is 143 Å². The molecule has 2 amide bonds. The maximum atomic E-state index is 12.5. The van der Waals surface area contributed by atoms with Crippen LogP contribution >= 0.6 is 0 Å². The third-order valence-electron chi connectivity index (χ3n) is 4.49. The van der Waals surface area contributed by atoms with E-state index in [1.54, 1.807) is 0 Å². The highest BCUT2D eigenvalue weighted by molar-refractivity contribution is 5.89. The van der Waals surface area contributed by atoms with E-state index in [1.807, 2.05) is 43.0 Å². The normalized spacial score (nSPS) is 21.6. The molecule has 1 aromatic rings. The lowest BCUT2D eigenvalue weighted by Gasteiger charge is -2.43. The molecule has 0 aliphatic carbocycles. The van der Waals surface area contributed by atoms with E-state index in [-0.39, 0.29) is 12.1 Å². The van der Waals surface area contributed by atoms with Crippen LogP contribution in [0.2, 0.25) is 0 Å². The van der Waals surface area contributed by atoms with E-state index in [0.717, 1.165) is 44.0 Å². The predicted molar refractivity (Wildman–Crippen MR) is 93.1 cm³/mol. The Hall–Kier alpha value is -1.63. The number of piperazine rings is 1. The number of ether oxygens (including phenoxy) is 2. The SMILES string of the molecule is CC(C)OCc1cccc(NC(=O)N2CCN3CCOC[C@@H]3C2)c1. The third-order valence-corrected chi connectivity index (χ3v) is 4.49. The van der Waals surface area contributed by atoms with Crippen molar-refractivity contribution < 1.29 is 14.3 Å². The lowest BCUT2D eigenvalue weighted by Crippen LogP contribution is -2.59. The molecule has 0 radical (unpaired) electrons. The summed E-state index contributed by atoms with van der Waals surface area (Å²) in [5.41, 5.74) is 1.87. The first-order valence-corrected chi connectivity index (χ1v) is 8.70. The highest BCUT2D eigenvalue weighted by Crippen LogP contribution is 2.17. The van der Waals surface area contributed by atoms with E-state index in [0.29, 0.717) is 19.3 Å². The van der Waals surface area contributed by atoms with Crippen LogP contribution in [-0.2, 0) is 16.1 Å². The van der Waals surface area contributed by atoms with Gasteiger partial charge < -0.3 is 19.7 Å². The number of benzene rings is 1. The average Bonchev–Trinajstić information content (AvgIpc) is 2.60. The summed E-state index contributed by atoms with van der Waals surface area (Å²) in [4.78, 5) is 16.8. The second-order valence-electron chi connectivity index (χ2n) is 6.70. The van der Waals surface area contributed by atoms with Gasteiger partial charge in [0.2, 0.25) is 0 Å². The molecule has 0 spiro atoms. The maximum absolute atomic E-state index is 12.5. The number of morpholine rings is 1. The van der Waals surface area contributed by atoms with Gasteiger partial charge in [-0.25, -0.2) is 4.79 Å². The first-order chi connectivity index (χ1) is 11.6. The number of anilines is 1. The first kappa shape index (κ1) is 17.2. The summed E-state index contributed by atoms with van der Waals surface area (Å²) in [5.74, 6) is 0. The zero-order valence-electron chi connectivity index (χ0n) is 14.5. The van der Waals surface area contributed by atoms with Gasteiger partial charge in [-0.3, -0.25) is 4.90 Å². The molecule has 0 bridgehead atoms. The number of hydrogen-bond donors (Lipinski definition) is 1. The van der Waals surface area contributed by atoms with Crippen molar-refractivity contribution in [2.75, 3.05) is 44.7 Å². The highest BCUT2D eigenvalue weighted by atomic mass is 16.5. The molecule has 3 rings (SSSR count). The molecular weight excluding hydrogens is 306 g/mol. The number of carbonyl (C=O) groups excluding carboxylic acids is 1. The Kier molecular flexibility index (Phi) is 5.71. The number of amides is 2. The minimum Gasteiger partial charge on any atom is -0.378 e. The van der Waals surface area contributed by atoms with Crippen LogP contribution in [-0.4, -0.2) is 67.4 Å². The Morgan fingerprint density at radius 1 is 1.38 bits per heavy atom. The minimum absolute atomic E-state index is 0.0397. The summed E-state index contributed by atoms with van der Waals surface area (Å²) in [6, 6.07) is 8.13. The zero-order chi connectivity index (χ0) is 16.9. The van der Waals surface area contributed by atoms with Gasteiger partial charge in [0.05, 0.1) is 32.0 Å². The summed E-state index contributed by atoms with van der Waals surface area (Å²) < 4.78 is 11.2.